The Morgan fingerprint density at radius 2 is 2.00 bits per heavy atom. The maximum atomic E-state index is 9.03. The van der Waals surface area contributed by atoms with E-state index in [-0.39, 0.29) is 5.92 Å². The Bertz CT molecular complexity index is 602. The van der Waals surface area contributed by atoms with Gasteiger partial charge in [-0.25, -0.2) is 0 Å². The smallest absolute Gasteiger partial charge is 0.151 e. The number of anilines is 1. The summed E-state index contributed by atoms with van der Waals surface area (Å²) in [6.07, 6.45) is 5.50. The van der Waals surface area contributed by atoms with Gasteiger partial charge in [-0.1, -0.05) is 0 Å². The van der Waals surface area contributed by atoms with Crippen molar-refractivity contribution in [3.8, 4) is 17.3 Å². The van der Waals surface area contributed by atoms with Crippen molar-refractivity contribution >= 4 is 5.82 Å². The second-order valence-electron chi connectivity index (χ2n) is 4.93. The zero-order valence-corrected chi connectivity index (χ0v) is 11.1. The summed E-state index contributed by atoms with van der Waals surface area (Å²) in [6.45, 7) is 1.70. The number of aromatic nitrogens is 3. The number of hydrogen-bond donors (Lipinski definition) is 0. The highest BCUT2D eigenvalue weighted by molar-refractivity contribution is 5.58. The molecule has 100 valence electrons. The lowest BCUT2D eigenvalue weighted by Crippen LogP contribution is -2.35. The van der Waals surface area contributed by atoms with E-state index in [2.05, 4.69) is 26.2 Å². The first-order chi connectivity index (χ1) is 9.86. The van der Waals surface area contributed by atoms with Crippen LogP contribution in [0.25, 0.3) is 11.3 Å². The molecular formula is C15H15N5. The van der Waals surface area contributed by atoms with Crippen molar-refractivity contribution in [3.05, 3.63) is 36.7 Å². The minimum absolute atomic E-state index is 0.102. The lowest BCUT2D eigenvalue weighted by atomic mass is 10.00. The number of pyridine rings is 1. The third kappa shape index (κ3) is 2.59. The van der Waals surface area contributed by atoms with Gasteiger partial charge in [0.15, 0.2) is 5.82 Å². The molecule has 1 aliphatic heterocycles. The molecule has 0 bridgehead atoms. The summed E-state index contributed by atoms with van der Waals surface area (Å²) in [4.78, 5) is 6.13. The predicted octanol–water partition coefficient (Wildman–Crippen LogP) is 2.28. The molecule has 2 aromatic rings. The standard InChI is InChI=1S/C15H15N5/c16-10-12-2-1-9-20(11-12)15-4-3-14(18-19-15)13-5-7-17-8-6-13/h3-8,12H,1-2,9,11H2. The highest BCUT2D eigenvalue weighted by atomic mass is 15.3. The zero-order chi connectivity index (χ0) is 13.8. The fourth-order valence-corrected chi connectivity index (χ4v) is 2.46. The van der Waals surface area contributed by atoms with Gasteiger partial charge in [0.2, 0.25) is 0 Å². The number of piperidine rings is 1. The normalized spacial score (nSPS) is 18.6. The summed E-state index contributed by atoms with van der Waals surface area (Å²) < 4.78 is 0. The Morgan fingerprint density at radius 3 is 2.70 bits per heavy atom. The second kappa shape index (κ2) is 5.66. The molecule has 0 N–H and O–H groups in total. The molecule has 3 heterocycles. The van der Waals surface area contributed by atoms with E-state index >= 15 is 0 Å². The van der Waals surface area contributed by atoms with E-state index < -0.39 is 0 Å². The molecule has 0 amide bonds. The Hall–Kier alpha value is -2.48. The van der Waals surface area contributed by atoms with Gasteiger partial charge in [-0.15, -0.1) is 10.2 Å². The molecule has 1 unspecified atom stereocenters. The molecular weight excluding hydrogens is 250 g/mol. The molecule has 0 saturated carbocycles. The van der Waals surface area contributed by atoms with E-state index in [0.717, 1.165) is 43.0 Å². The SMILES string of the molecule is N#CC1CCCN(c2ccc(-c3ccncc3)nn2)C1. The van der Waals surface area contributed by atoms with Crippen molar-refractivity contribution in [1.29, 1.82) is 5.26 Å². The Balaban J connectivity index is 1.78. The van der Waals surface area contributed by atoms with Crippen molar-refractivity contribution in [2.75, 3.05) is 18.0 Å². The van der Waals surface area contributed by atoms with Gasteiger partial charge >= 0.3 is 0 Å². The maximum absolute atomic E-state index is 9.03. The number of hydrogen-bond acceptors (Lipinski definition) is 5. The molecule has 0 spiro atoms. The number of rotatable bonds is 2. The van der Waals surface area contributed by atoms with Crippen LogP contribution in [0.3, 0.4) is 0 Å². The molecule has 1 fully saturated rings. The largest absolute Gasteiger partial charge is 0.354 e. The molecule has 5 heteroatoms. The average molecular weight is 265 g/mol. The summed E-state index contributed by atoms with van der Waals surface area (Å²) in [5.74, 6) is 0.952. The van der Waals surface area contributed by atoms with E-state index in [9.17, 15) is 0 Å². The van der Waals surface area contributed by atoms with Gasteiger partial charge in [0.25, 0.3) is 0 Å². The van der Waals surface area contributed by atoms with Crippen LogP contribution >= 0.6 is 0 Å². The topological polar surface area (TPSA) is 65.7 Å². The summed E-state index contributed by atoms with van der Waals surface area (Å²) in [5, 5.41) is 17.6. The monoisotopic (exact) mass is 265 g/mol. The molecule has 0 aliphatic carbocycles. The minimum Gasteiger partial charge on any atom is -0.354 e. The lowest BCUT2D eigenvalue weighted by Gasteiger charge is -2.30. The first-order valence-corrected chi connectivity index (χ1v) is 6.75. The van der Waals surface area contributed by atoms with Crippen LogP contribution in [-0.2, 0) is 0 Å². The van der Waals surface area contributed by atoms with Gasteiger partial charge in [0.05, 0.1) is 17.7 Å². The summed E-state index contributed by atoms with van der Waals surface area (Å²) in [5.41, 5.74) is 1.84. The van der Waals surface area contributed by atoms with Gasteiger partial charge in [-0.3, -0.25) is 4.98 Å². The Kier molecular flexibility index (Phi) is 3.55. The van der Waals surface area contributed by atoms with Gasteiger partial charge < -0.3 is 4.90 Å². The van der Waals surface area contributed by atoms with Crippen LogP contribution in [0.5, 0.6) is 0 Å². The minimum atomic E-state index is 0.102. The van der Waals surface area contributed by atoms with Crippen molar-refractivity contribution in [1.82, 2.24) is 15.2 Å². The van der Waals surface area contributed by atoms with E-state index in [4.69, 9.17) is 5.26 Å². The van der Waals surface area contributed by atoms with E-state index in [1.807, 2.05) is 24.3 Å². The van der Waals surface area contributed by atoms with E-state index in [0.29, 0.717) is 0 Å². The average Bonchev–Trinajstić information content (AvgIpc) is 2.56. The highest BCUT2D eigenvalue weighted by Gasteiger charge is 2.20. The van der Waals surface area contributed by atoms with Gasteiger partial charge in [0.1, 0.15) is 0 Å². The fourth-order valence-electron chi connectivity index (χ4n) is 2.46. The van der Waals surface area contributed by atoms with Crippen LogP contribution < -0.4 is 4.90 Å². The second-order valence-corrected chi connectivity index (χ2v) is 4.93. The molecule has 0 aromatic carbocycles. The number of nitriles is 1. The predicted molar refractivity (Wildman–Crippen MR) is 75.8 cm³/mol. The molecule has 0 radical (unpaired) electrons. The molecule has 20 heavy (non-hydrogen) atoms. The summed E-state index contributed by atoms with van der Waals surface area (Å²) in [6, 6.07) is 10.1. The quantitative estimate of drug-likeness (QED) is 0.833. The highest BCUT2D eigenvalue weighted by Crippen LogP contribution is 2.22. The first kappa shape index (κ1) is 12.5. The van der Waals surface area contributed by atoms with Crippen LogP contribution in [0.2, 0.25) is 0 Å². The lowest BCUT2D eigenvalue weighted by molar-refractivity contribution is 0.489. The first-order valence-electron chi connectivity index (χ1n) is 6.75. The maximum Gasteiger partial charge on any atom is 0.151 e. The van der Waals surface area contributed by atoms with E-state index in [1.54, 1.807) is 12.4 Å². The van der Waals surface area contributed by atoms with E-state index in [1.165, 1.54) is 0 Å². The number of nitrogens with zero attached hydrogens (tertiary/aromatic N) is 5. The summed E-state index contributed by atoms with van der Waals surface area (Å²) in [7, 11) is 0. The van der Waals surface area contributed by atoms with Crippen LogP contribution in [-0.4, -0.2) is 28.3 Å². The fraction of sp³-hybridized carbons (Fsp3) is 0.333. The van der Waals surface area contributed by atoms with Crippen LogP contribution in [0, 0.1) is 17.2 Å². The van der Waals surface area contributed by atoms with Crippen LogP contribution in [0.15, 0.2) is 36.7 Å². The van der Waals surface area contributed by atoms with Crippen LogP contribution in [0.4, 0.5) is 5.82 Å². The molecule has 3 rings (SSSR count). The zero-order valence-electron chi connectivity index (χ0n) is 11.1. The Labute approximate surface area is 117 Å². The molecule has 1 aliphatic rings. The Morgan fingerprint density at radius 1 is 1.15 bits per heavy atom. The van der Waals surface area contributed by atoms with Gasteiger partial charge in [-0.2, -0.15) is 5.26 Å². The van der Waals surface area contributed by atoms with Gasteiger partial charge in [0, 0.05) is 31.0 Å². The summed E-state index contributed by atoms with van der Waals surface area (Å²) >= 11 is 0. The molecule has 2 aromatic heterocycles. The molecule has 1 saturated heterocycles. The van der Waals surface area contributed by atoms with Crippen molar-refractivity contribution < 1.29 is 0 Å². The van der Waals surface area contributed by atoms with Crippen molar-refractivity contribution in [3.63, 3.8) is 0 Å². The molecule has 5 nitrogen and oxygen atoms in total. The van der Waals surface area contributed by atoms with Crippen molar-refractivity contribution in [2.24, 2.45) is 5.92 Å². The van der Waals surface area contributed by atoms with Gasteiger partial charge in [-0.05, 0) is 37.1 Å². The molecule has 1 atom stereocenters. The van der Waals surface area contributed by atoms with Crippen molar-refractivity contribution in [2.45, 2.75) is 12.8 Å². The third-order valence-corrected chi connectivity index (χ3v) is 3.55. The third-order valence-electron chi connectivity index (χ3n) is 3.55. The van der Waals surface area contributed by atoms with Crippen LogP contribution in [0.1, 0.15) is 12.8 Å².